The van der Waals surface area contributed by atoms with Gasteiger partial charge in [-0.05, 0) is 11.5 Å². The molecule has 0 bridgehead atoms. The molecule has 2 aromatic rings. The van der Waals surface area contributed by atoms with Crippen molar-refractivity contribution in [2.45, 2.75) is 26.3 Å². The molecule has 122 valence electrons. The molecule has 1 aliphatic heterocycles. The lowest BCUT2D eigenvalue weighted by molar-refractivity contribution is 0.0596. The number of nitrogens with zero attached hydrogens (tertiary/aromatic N) is 3. The van der Waals surface area contributed by atoms with E-state index < -0.39 is 0 Å². The third-order valence-corrected chi connectivity index (χ3v) is 4.24. The monoisotopic (exact) mass is 313 g/mol. The van der Waals surface area contributed by atoms with Gasteiger partial charge in [-0.2, -0.15) is 0 Å². The summed E-state index contributed by atoms with van der Waals surface area (Å²) >= 11 is 0. The van der Waals surface area contributed by atoms with E-state index in [0.29, 0.717) is 5.76 Å². The molecule has 1 amide bonds. The summed E-state index contributed by atoms with van der Waals surface area (Å²) in [7, 11) is 0. The molecule has 0 radical (unpaired) electrons. The van der Waals surface area contributed by atoms with Gasteiger partial charge in [-0.25, -0.2) is 4.98 Å². The number of benzene rings is 1. The molecule has 1 aliphatic rings. The second-order valence-electron chi connectivity index (χ2n) is 6.28. The summed E-state index contributed by atoms with van der Waals surface area (Å²) in [5.41, 5.74) is 2.06. The van der Waals surface area contributed by atoms with Crippen molar-refractivity contribution in [2.24, 2.45) is 0 Å². The van der Waals surface area contributed by atoms with Crippen molar-refractivity contribution in [1.29, 1.82) is 0 Å². The molecule has 0 N–H and O–H groups in total. The van der Waals surface area contributed by atoms with E-state index >= 15 is 0 Å². The summed E-state index contributed by atoms with van der Waals surface area (Å²) in [5, 5.41) is 0. The normalized spacial score (nSPS) is 16.0. The molecule has 1 fully saturated rings. The first-order valence-electron chi connectivity index (χ1n) is 8.14. The van der Waals surface area contributed by atoms with Crippen LogP contribution in [0.5, 0.6) is 0 Å². The average Bonchev–Trinajstić information content (AvgIpc) is 3.06. The molecule has 0 saturated carbocycles. The fourth-order valence-corrected chi connectivity index (χ4v) is 2.92. The Labute approximate surface area is 136 Å². The van der Waals surface area contributed by atoms with E-state index in [1.807, 2.05) is 24.8 Å². The van der Waals surface area contributed by atoms with E-state index in [1.165, 1.54) is 12.0 Å². The van der Waals surface area contributed by atoms with Crippen molar-refractivity contribution in [2.75, 3.05) is 26.2 Å². The molecule has 1 saturated heterocycles. The summed E-state index contributed by atoms with van der Waals surface area (Å²) in [6, 6.07) is 10.4. The molecule has 0 unspecified atom stereocenters. The first kappa shape index (κ1) is 15.7. The van der Waals surface area contributed by atoms with Gasteiger partial charge in [0.2, 0.25) is 5.76 Å². The Morgan fingerprint density at radius 1 is 1.17 bits per heavy atom. The van der Waals surface area contributed by atoms with Gasteiger partial charge < -0.3 is 9.32 Å². The summed E-state index contributed by atoms with van der Waals surface area (Å²) in [4.78, 5) is 21.0. The maximum atomic E-state index is 12.6. The second kappa shape index (κ2) is 6.96. The molecule has 0 aliphatic carbocycles. The van der Waals surface area contributed by atoms with Crippen LogP contribution in [-0.4, -0.2) is 46.9 Å². The van der Waals surface area contributed by atoms with Crippen LogP contribution in [0.25, 0.3) is 0 Å². The number of carbonyl (C=O) groups excluding carboxylic acids is 1. The lowest BCUT2D eigenvalue weighted by Gasteiger charge is -2.34. The molecule has 5 heteroatoms. The van der Waals surface area contributed by atoms with Crippen LogP contribution in [0, 0.1) is 0 Å². The highest BCUT2D eigenvalue weighted by Crippen LogP contribution is 2.20. The molecule has 2 heterocycles. The predicted octanol–water partition coefficient (Wildman–Crippen LogP) is 2.76. The van der Waals surface area contributed by atoms with Gasteiger partial charge in [0.1, 0.15) is 0 Å². The molecule has 1 aromatic carbocycles. The van der Waals surface area contributed by atoms with E-state index in [9.17, 15) is 4.79 Å². The SMILES string of the molecule is CC(C)c1ncoc1C(=O)N1CCN(Cc2ccccc2)CC1. The summed E-state index contributed by atoms with van der Waals surface area (Å²) in [6.45, 7) is 8.19. The van der Waals surface area contributed by atoms with E-state index in [0.717, 1.165) is 38.4 Å². The van der Waals surface area contributed by atoms with Crippen molar-refractivity contribution < 1.29 is 9.21 Å². The van der Waals surface area contributed by atoms with Crippen molar-refractivity contribution in [3.63, 3.8) is 0 Å². The number of aromatic nitrogens is 1. The zero-order valence-electron chi connectivity index (χ0n) is 13.7. The van der Waals surface area contributed by atoms with Crippen LogP contribution in [0.1, 0.15) is 41.6 Å². The zero-order chi connectivity index (χ0) is 16.2. The molecule has 1 aromatic heterocycles. The highest BCUT2D eigenvalue weighted by Gasteiger charge is 2.27. The maximum Gasteiger partial charge on any atom is 0.291 e. The second-order valence-corrected chi connectivity index (χ2v) is 6.28. The third-order valence-electron chi connectivity index (χ3n) is 4.24. The highest BCUT2D eigenvalue weighted by molar-refractivity contribution is 5.92. The van der Waals surface area contributed by atoms with Gasteiger partial charge in [-0.15, -0.1) is 0 Å². The number of oxazole rings is 1. The first-order chi connectivity index (χ1) is 11.1. The lowest BCUT2D eigenvalue weighted by Crippen LogP contribution is -2.48. The minimum Gasteiger partial charge on any atom is -0.438 e. The Hall–Kier alpha value is -2.14. The summed E-state index contributed by atoms with van der Waals surface area (Å²) in [6.07, 6.45) is 1.37. The molecule has 3 rings (SSSR count). The van der Waals surface area contributed by atoms with Crippen molar-refractivity contribution >= 4 is 5.91 Å². The minimum absolute atomic E-state index is 0.0365. The Morgan fingerprint density at radius 3 is 2.52 bits per heavy atom. The Balaban J connectivity index is 1.58. The van der Waals surface area contributed by atoms with Crippen LogP contribution < -0.4 is 0 Å². The van der Waals surface area contributed by atoms with Gasteiger partial charge in [0.05, 0.1) is 5.69 Å². The van der Waals surface area contributed by atoms with Crippen molar-refractivity contribution in [1.82, 2.24) is 14.8 Å². The molecule has 23 heavy (non-hydrogen) atoms. The fraction of sp³-hybridized carbons (Fsp3) is 0.444. The number of piperazine rings is 1. The van der Waals surface area contributed by atoms with Gasteiger partial charge in [0, 0.05) is 32.7 Å². The number of rotatable bonds is 4. The van der Waals surface area contributed by atoms with Gasteiger partial charge in [0.25, 0.3) is 5.91 Å². The first-order valence-corrected chi connectivity index (χ1v) is 8.14. The largest absolute Gasteiger partial charge is 0.438 e. The van der Waals surface area contributed by atoms with Crippen LogP contribution in [0.15, 0.2) is 41.1 Å². The average molecular weight is 313 g/mol. The van der Waals surface area contributed by atoms with Gasteiger partial charge in [0.15, 0.2) is 6.39 Å². The van der Waals surface area contributed by atoms with Gasteiger partial charge >= 0.3 is 0 Å². The van der Waals surface area contributed by atoms with Crippen molar-refractivity contribution in [3.05, 3.63) is 53.7 Å². The van der Waals surface area contributed by atoms with Crippen LogP contribution in [0.4, 0.5) is 0 Å². The Bertz CT molecular complexity index is 643. The topological polar surface area (TPSA) is 49.6 Å². The third kappa shape index (κ3) is 3.62. The quantitative estimate of drug-likeness (QED) is 0.871. The standard InChI is InChI=1S/C18H23N3O2/c1-14(2)16-17(23-13-19-16)18(22)21-10-8-20(9-11-21)12-15-6-4-3-5-7-15/h3-7,13-14H,8-12H2,1-2H3. The molecular weight excluding hydrogens is 290 g/mol. The van der Waals surface area contributed by atoms with E-state index in [2.05, 4.69) is 34.1 Å². The van der Waals surface area contributed by atoms with Gasteiger partial charge in [-0.1, -0.05) is 44.2 Å². The van der Waals surface area contributed by atoms with Crippen LogP contribution in [0.2, 0.25) is 0 Å². The van der Waals surface area contributed by atoms with Gasteiger partial charge in [-0.3, -0.25) is 9.69 Å². The number of hydrogen-bond donors (Lipinski definition) is 0. The maximum absolute atomic E-state index is 12.6. The smallest absolute Gasteiger partial charge is 0.291 e. The van der Waals surface area contributed by atoms with Crippen LogP contribution in [-0.2, 0) is 6.54 Å². The van der Waals surface area contributed by atoms with E-state index in [-0.39, 0.29) is 11.8 Å². The molecule has 0 atom stereocenters. The highest BCUT2D eigenvalue weighted by atomic mass is 16.3. The van der Waals surface area contributed by atoms with Crippen LogP contribution >= 0.6 is 0 Å². The zero-order valence-corrected chi connectivity index (χ0v) is 13.7. The minimum atomic E-state index is -0.0365. The molecule has 5 nitrogen and oxygen atoms in total. The number of amides is 1. The van der Waals surface area contributed by atoms with Crippen LogP contribution in [0.3, 0.4) is 0 Å². The lowest BCUT2D eigenvalue weighted by atomic mass is 10.1. The van der Waals surface area contributed by atoms with E-state index in [4.69, 9.17) is 4.42 Å². The van der Waals surface area contributed by atoms with Crippen molar-refractivity contribution in [3.8, 4) is 0 Å². The summed E-state index contributed by atoms with van der Waals surface area (Å²) in [5.74, 6) is 0.550. The fourth-order valence-electron chi connectivity index (χ4n) is 2.92. The molecule has 0 spiro atoms. The number of hydrogen-bond acceptors (Lipinski definition) is 4. The Kier molecular flexibility index (Phi) is 4.76. The molecular formula is C18H23N3O2. The number of carbonyl (C=O) groups is 1. The van der Waals surface area contributed by atoms with E-state index in [1.54, 1.807) is 0 Å². The summed E-state index contributed by atoms with van der Waals surface area (Å²) < 4.78 is 5.35. The Morgan fingerprint density at radius 2 is 1.87 bits per heavy atom. The predicted molar refractivity (Wildman–Crippen MR) is 88.2 cm³/mol.